The van der Waals surface area contributed by atoms with Crippen LogP contribution in [0.1, 0.15) is 13.8 Å². The number of amides is 1. The van der Waals surface area contributed by atoms with Crippen LogP contribution in [0.2, 0.25) is 0 Å². The van der Waals surface area contributed by atoms with E-state index in [1.54, 1.807) is 18.3 Å². The van der Waals surface area contributed by atoms with Crippen LogP contribution < -0.4 is 5.76 Å². The number of carbonyl (C=O) groups excluding carboxylic acids is 1. The van der Waals surface area contributed by atoms with Gasteiger partial charge in [0.1, 0.15) is 0 Å². The molecule has 0 unspecified atom stereocenters. The minimum Gasteiger partial charge on any atom is -0.324 e. The minimum atomic E-state index is -0.796. The van der Waals surface area contributed by atoms with Gasteiger partial charge in [0.15, 0.2) is 5.82 Å². The molecule has 0 N–H and O–H groups in total. The van der Waals surface area contributed by atoms with Crippen LogP contribution in [0, 0.1) is 0 Å². The van der Waals surface area contributed by atoms with E-state index in [1.165, 1.54) is 11.1 Å². The fourth-order valence-electron chi connectivity index (χ4n) is 1.73. The van der Waals surface area contributed by atoms with E-state index in [4.69, 9.17) is 0 Å². The van der Waals surface area contributed by atoms with Crippen molar-refractivity contribution < 1.29 is 9.32 Å². The van der Waals surface area contributed by atoms with Crippen LogP contribution in [0.4, 0.5) is 4.79 Å². The highest BCUT2D eigenvalue weighted by Gasteiger charge is 2.22. The molecule has 2 heterocycles. The summed E-state index contributed by atoms with van der Waals surface area (Å²) >= 11 is 0. The summed E-state index contributed by atoms with van der Waals surface area (Å²) in [6.45, 7) is 4.67. The van der Waals surface area contributed by atoms with E-state index >= 15 is 0 Å². The first-order chi connectivity index (χ1) is 9.19. The highest BCUT2D eigenvalue weighted by molar-refractivity contribution is 5.80. The highest BCUT2D eigenvalue weighted by atomic mass is 16.5. The summed E-state index contributed by atoms with van der Waals surface area (Å²) < 4.78 is 5.51. The van der Waals surface area contributed by atoms with Crippen molar-refractivity contribution in [3.05, 3.63) is 35.1 Å². The molecular formula is C12H14N4O3. The molecule has 0 aliphatic carbocycles. The summed E-state index contributed by atoms with van der Waals surface area (Å²) in [5.41, 5.74) is 0.550. The summed E-state index contributed by atoms with van der Waals surface area (Å²) in [4.78, 5) is 29.4. The first-order valence-corrected chi connectivity index (χ1v) is 5.97. The molecule has 0 spiro atoms. The van der Waals surface area contributed by atoms with Gasteiger partial charge in [0.05, 0.1) is 0 Å². The molecule has 0 radical (unpaired) electrons. The summed E-state index contributed by atoms with van der Waals surface area (Å²) in [6.07, 6.45) is 3.11. The number of pyridine rings is 1. The molecule has 0 fully saturated rings. The van der Waals surface area contributed by atoms with E-state index in [9.17, 15) is 9.59 Å². The molecule has 0 aromatic carbocycles. The van der Waals surface area contributed by atoms with Crippen LogP contribution >= 0.6 is 0 Å². The fraction of sp³-hybridized carbons (Fsp3) is 0.333. The Labute approximate surface area is 109 Å². The Kier molecular flexibility index (Phi) is 3.74. The van der Waals surface area contributed by atoms with Gasteiger partial charge < -0.3 is 4.90 Å². The van der Waals surface area contributed by atoms with E-state index in [0.717, 1.165) is 4.57 Å². The molecule has 1 amide bonds. The monoisotopic (exact) mass is 262 g/mol. The second-order valence-corrected chi connectivity index (χ2v) is 3.80. The summed E-state index contributed by atoms with van der Waals surface area (Å²) in [5.74, 6) is -0.634. The second kappa shape index (κ2) is 5.47. The lowest BCUT2D eigenvalue weighted by atomic mass is 10.3. The van der Waals surface area contributed by atoms with Crippen LogP contribution in [0.25, 0.3) is 11.4 Å². The average Bonchev–Trinajstić information content (AvgIpc) is 2.83. The molecule has 19 heavy (non-hydrogen) atoms. The van der Waals surface area contributed by atoms with Crippen molar-refractivity contribution in [3.63, 3.8) is 0 Å². The van der Waals surface area contributed by atoms with Gasteiger partial charge in [0.2, 0.25) is 0 Å². The number of hydrogen-bond donors (Lipinski definition) is 0. The van der Waals surface area contributed by atoms with Crippen molar-refractivity contribution in [1.29, 1.82) is 0 Å². The Balaban J connectivity index is 2.50. The zero-order chi connectivity index (χ0) is 13.8. The lowest BCUT2D eigenvalue weighted by molar-refractivity contribution is 0.203. The second-order valence-electron chi connectivity index (χ2n) is 3.80. The molecule has 100 valence electrons. The SMILES string of the molecule is CCN(CC)C(=O)n1c(-c2cccnc2)noc1=O. The number of rotatable bonds is 3. The van der Waals surface area contributed by atoms with Gasteiger partial charge in [0, 0.05) is 31.0 Å². The third kappa shape index (κ3) is 2.40. The third-order valence-corrected chi connectivity index (χ3v) is 2.75. The Morgan fingerprint density at radius 2 is 2.16 bits per heavy atom. The van der Waals surface area contributed by atoms with E-state index in [2.05, 4.69) is 14.7 Å². The zero-order valence-electron chi connectivity index (χ0n) is 10.7. The van der Waals surface area contributed by atoms with Crippen LogP contribution in [0.15, 0.2) is 33.8 Å². The number of carbonyl (C=O) groups is 1. The zero-order valence-corrected chi connectivity index (χ0v) is 10.7. The summed E-state index contributed by atoms with van der Waals surface area (Å²) in [5, 5.41) is 3.65. The van der Waals surface area contributed by atoms with Gasteiger partial charge in [-0.1, -0.05) is 5.16 Å². The molecular weight excluding hydrogens is 248 g/mol. The average molecular weight is 262 g/mol. The predicted octanol–water partition coefficient (Wildman–Crippen LogP) is 1.21. The minimum absolute atomic E-state index is 0.162. The maximum atomic E-state index is 12.3. The lowest BCUT2D eigenvalue weighted by Crippen LogP contribution is -2.38. The number of nitrogens with zero attached hydrogens (tertiary/aromatic N) is 4. The lowest BCUT2D eigenvalue weighted by Gasteiger charge is -2.18. The molecule has 0 aliphatic heterocycles. The van der Waals surface area contributed by atoms with Crippen LogP contribution in [0.3, 0.4) is 0 Å². The largest absolute Gasteiger partial charge is 0.450 e. The standard InChI is InChI=1S/C12H14N4O3/c1-3-15(4-2)11(17)16-10(14-19-12(16)18)9-6-5-7-13-8-9/h5-8H,3-4H2,1-2H3. The quantitative estimate of drug-likeness (QED) is 0.830. The molecule has 0 aliphatic rings. The van der Waals surface area contributed by atoms with Gasteiger partial charge in [0.25, 0.3) is 0 Å². The van der Waals surface area contributed by atoms with Crippen molar-refractivity contribution >= 4 is 6.03 Å². The van der Waals surface area contributed by atoms with Gasteiger partial charge in [-0.3, -0.25) is 9.51 Å². The van der Waals surface area contributed by atoms with Crippen molar-refractivity contribution in [2.24, 2.45) is 0 Å². The van der Waals surface area contributed by atoms with Crippen LogP contribution in [-0.2, 0) is 0 Å². The van der Waals surface area contributed by atoms with Crippen molar-refractivity contribution in [2.45, 2.75) is 13.8 Å². The Hall–Kier alpha value is -2.44. The molecule has 0 bridgehead atoms. The molecule has 0 saturated carbocycles. The highest BCUT2D eigenvalue weighted by Crippen LogP contribution is 2.14. The molecule has 2 aromatic rings. The van der Waals surface area contributed by atoms with Crippen LogP contribution in [0.5, 0.6) is 0 Å². The Bertz CT molecular complexity index is 613. The Morgan fingerprint density at radius 3 is 2.74 bits per heavy atom. The molecule has 2 rings (SSSR count). The van der Waals surface area contributed by atoms with Gasteiger partial charge in [-0.2, -0.15) is 4.57 Å². The van der Waals surface area contributed by atoms with E-state index < -0.39 is 11.8 Å². The van der Waals surface area contributed by atoms with Gasteiger partial charge in [-0.15, -0.1) is 0 Å². The van der Waals surface area contributed by atoms with E-state index in [1.807, 2.05) is 13.8 Å². The molecule has 7 heteroatoms. The third-order valence-electron chi connectivity index (χ3n) is 2.75. The van der Waals surface area contributed by atoms with Crippen molar-refractivity contribution in [1.82, 2.24) is 19.6 Å². The molecule has 0 atom stereocenters. The number of hydrogen-bond acceptors (Lipinski definition) is 5. The first kappa shape index (κ1) is 13.0. The Morgan fingerprint density at radius 1 is 1.42 bits per heavy atom. The van der Waals surface area contributed by atoms with Gasteiger partial charge in [-0.25, -0.2) is 9.59 Å². The molecule has 7 nitrogen and oxygen atoms in total. The van der Waals surface area contributed by atoms with E-state index in [0.29, 0.717) is 18.7 Å². The maximum absolute atomic E-state index is 12.3. The number of aromatic nitrogens is 3. The van der Waals surface area contributed by atoms with Crippen molar-refractivity contribution in [2.75, 3.05) is 13.1 Å². The molecule has 0 saturated heterocycles. The van der Waals surface area contributed by atoms with Crippen LogP contribution in [-0.4, -0.2) is 38.7 Å². The van der Waals surface area contributed by atoms with E-state index in [-0.39, 0.29) is 5.82 Å². The fourth-order valence-corrected chi connectivity index (χ4v) is 1.73. The maximum Gasteiger partial charge on any atom is 0.450 e. The smallest absolute Gasteiger partial charge is 0.324 e. The van der Waals surface area contributed by atoms with Gasteiger partial charge in [-0.05, 0) is 26.0 Å². The van der Waals surface area contributed by atoms with Crippen molar-refractivity contribution in [3.8, 4) is 11.4 Å². The summed E-state index contributed by atoms with van der Waals surface area (Å²) in [6, 6.07) is 2.95. The van der Waals surface area contributed by atoms with Gasteiger partial charge >= 0.3 is 11.8 Å². The predicted molar refractivity (Wildman–Crippen MR) is 67.7 cm³/mol. The molecule has 2 aromatic heterocycles. The topological polar surface area (TPSA) is 81.2 Å². The first-order valence-electron chi connectivity index (χ1n) is 5.97. The summed E-state index contributed by atoms with van der Waals surface area (Å²) in [7, 11) is 0. The normalized spacial score (nSPS) is 10.4.